The highest BCUT2D eigenvalue weighted by atomic mass is 79.9. The molecule has 1 unspecified atom stereocenters. The molecule has 1 atom stereocenters. The molecule has 0 spiro atoms. The number of carbonyl (C=O) groups excluding carboxylic acids is 1. The molecular formula is C21H30BrN3O3. The van der Waals surface area contributed by atoms with E-state index in [1.165, 1.54) is 5.56 Å². The van der Waals surface area contributed by atoms with E-state index >= 15 is 0 Å². The fourth-order valence-electron chi connectivity index (χ4n) is 3.11. The van der Waals surface area contributed by atoms with Gasteiger partial charge in [0.25, 0.3) is 0 Å². The van der Waals surface area contributed by atoms with Gasteiger partial charge in [0.05, 0.1) is 12.8 Å². The van der Waals surface area contributed by atoms with Crippen molar-refractivity contribution in [3.8, 4) is 11.5 Å². The fraction of sp³-hybridized carbons (Fsp3) is 0.381. The van der Waals surface area contributed by atoms with Crippen LogP contribution in [0.3, 0.4) is 0 Å². The number of nitrogens with one attached hydrogen (secondary N) is 2. The molecular weight excluding hydrogens is 422 g/mol. The molecule has 0 saturated heterocycles. The number of carbonyl (C=O) groups is 1. The number of phenolic OH excluding ortho intramolecular Hbond substituents is 1. The van der Waals surface area contributed by atoms with E-state index in [0.717, 1.165) is 43.7 Å². The minimum atomic E-state index is -0.693. The quantitative estimate of drug-likeness (QED) is 0.321. The molecule has 5 N–H and O–H groups in total. The van der Waals surface area contributed by atoms with E-state index in [-0.39, 0.29) is 22.7 Å². The van der Waals surface area contributed by atoms with E-state index in [0.29, 0.717) is 11.6 Å². The maximum atomic E-state index is 11.0. The van der Waals surface area contributed by atoms with Gasteiger partial charge in [-0.1, -0.05) is 31.5 Å². The molecule has 2 rings (SSSR count). The Balaban J connectivity index is 0.00000392. The van der Waals surface area contributed by atoms with Crippen LogP contribution in [0.5, 0.6) is 11.5 Å². The van der Waals surface area contributed by atoms with Crippen molar-refractivity contribution < 1.29 is 14.6 Å². The minimum absolute atomic E-state index is 0. The number of nitrogens with two attached hydrogens (primary N) is 1. The minimum Gasteiger partial charge on any atom is -0.506 e. The summed E-state index contributed by atoms with van der Waals surface area (Å²) in [5, 5.41) is 15.7. The van der Waals surface area contributed by atoms with E-state index in [9.17, 15) is 9.90 Å². The monoisotopic (exact) mass is 451 g/mol. The van der Waals surface area contributed by atoms with Crippen LogP contribution in [0.2, 0.25) is 0 Å². The van der Waals surface area contributed by atoms with Crippen LogP contribution in [0.25, 0.3) is 0 Å². The lowest BCUT2D eigenvalue weighted by Crippen LogP contribution is -2.24. The van der Waals surface area contributed by atoms with Gasteiger partial charge < -0.3 is 26.2 Å². The van der Waals surface area contributed by atoms with Crippen molar-refractivity contribution in [2.24, 2.45) is 5.73 Å². The zero-order valence-corrected chi connectivity index (χ0v) is 18.1. The van der Waals surface area contributed by atoms with Crippen LogP contribution in [-0.2, 0) is 6.42 Å². The topological polar surface area (TPSA) is 96.6 Å². The van der Waals surface area contributed by atoms with Crippen LogP contribution in [0, 0.1) is 0 Å². The normalized spacial score (nSPS) is 11.4. The summed E-state index contributed by atoms with van der Waals surface area (Å²) in [6.45, 7) is 3.87. The number of anilines is 1. The van der Waals surface area contributed by atoms with Crippen molar-refractivity contribution >= 4 is 28.7 Å². The number of methoxy groups -OCH3 is 1. The van der Waals surface area contributed by atoms with E-state index in [1.54, 1.807) is 19.2 Å². The van der Waals surface area contributed by atoms with Gasteiger partial charge in [0.1, 0.15) is 11.5 Å². The number of urea groups is 1. The molecule has 7 heteroatoms. The van der Waals surface area contributed by atoms with E-state index in [2.05, 4.69) is 29.7 Å². The van der Waals surface area contributed by atoms with Crippen LogP contribution in [0.15, 0.2) is 42.5 Å². The summed E-state index contributed by atoms with van der Waals surface area (Å²) in [5.41, 5.74) is 7.74. The Bertz CT molecular complexity index is 755. The summed E-state index contributed by atoms with van der Waals surface area (Å²) < 4.78 is 5.34. The molecule has 0 radical (unpaired) electrons. The molecule has 0 heterocycles. The molecule has 154 valence electrons. The van der Waals surface area contributed by atoms with Crippen LogP contribution in [0.4, 0.5) is 10.5 Å². The number of rotatable bonds is 10. The number of ether oxygens (including phenoxy) is 1. The molecule has 0 bridgehead atoms. The first-order chi connectivity index (χ1) is 13.0. The summed E-state index contributed by atoms with van der Waals surface area (Å²) in [6, 6.07) is 12.7. The second kappa shape index (κ2) is 12.3. The van der Waals surface area contributed by atoms with Crippen molar-refractivity contribution in [3.63, 3.8) is 0 Å². The molecule has 0 aliphatic rings. The van der Waals surface area contributed by atoms with Crippen LogP contribution < -0.4 is 21.1 Å². The molecule has 2 amide bonds. The molecule has 0 saturated carbocycles. The maximum Gasteiger partial charge on any atom is 0.316 e. The SMILES string of the molecule is Br.CCCC(CNCCc1ccc(O)c(NC(N)=O)c1)c1cccc(OC)c1. The predicted molar refractivity (Wildman–Crippen MR) is 119 cm³/mol. The van der Waals surface area contributed by atoms with Gasteiger partial charge in [-0.2, -0.15) is 0 Å². The Morgan fingerprint density at radius 1 is 1.25 bits per heavy atom. The molecule has 2 aromatic rings. The molecule has 0 aliphatic carbocycles. The highest BCUT2D eigenvalue weighted by Gasteiger charge is 2.11. The Morgan fingerprint density at radius 2 is 2.04 bits per heavy atom. The Hall–Kier alpha value is -2.25. The predicted octanol–water partition coefficient (Wildman–Crippen LogP) is 4.19. The zero-order valence-electron chi connectivity index (χ0n) is 16.4. The molecule has 0 aromatic heterocycles. The van der Waals surface area contributed by atoms with Crippen LogP contribution in [0.1, 0.15) is 36.8 Å². The van der Waals surface area contributed by atoms with Crippen molar-refractivity contribution in [3.05, 3.63) is 53.6 Å². The summed E-state index contributed by atoms with van der Waals surface area (Å²) >= 11 is 0. The number of aromatic hydroxyl groups is 1. The number of primary amides is 1. The van der Waals surface area contributed by atoms with E-state index in [1.807, 2.05) is 18.2 Å². The van der Waals surface area contributed by atoms with Crippen molar-refractivity contribution in [2.75, 3.05) is 25.5 Å². The Morgan fingerprint density at radius 3 is 2.71 bits per heavy atom. The second-order valence-corrected chi connectivity index (χ2v) is 6.56. The van der Waals surface area contributed by atoms with Gasteiger partial charge in [-0.05, 0) is 60.7 Å². The number of phenols is 1. The van der Waals surface area contributed by atoms with E-state index in [4.69, 9.17) is 10.5 Å². The van der Waals surface area contributed by atoms with Gasteiger partial charge in [0.15, 0.2) is 0 Å². The van der Waals surface area contributed by atoms with Gasteiger partial charge in [0, 0.05) is 6.54 Å². The third-order valence-electron chi connectivity index (χ3n) is 4.50. The average Bonchev–Trinajstić information content (AvgIpc) is 2.66. The Kier molecular flexibility index (Phi) is 10.4. The number of benzene rings is 2. The standard InChI is InChI=1S/C21H29N3O3.BrH/c1-3-5-17(16-6-4-7-18(13-16)27-2)14-23-11-10-15-8-9-20(25)19(12-15)24-21(22)26;/h4,6-9,12-13,17,23,25H,3,5,10-11,14H2,1-2H3,(H3,22,24,26);1H. The van der Waals surface area contributed by atoms with Crippen molar-refractivity contribution in [1.29, 1.82) is 0 Å². The third-order valence-corrected chi connectivity index (χ3v) is 4.50. The lowest BCUT2D eigenvalue weighted by molar-refractivity contribution is 0.259. The maximum absolute atomic E-state index is 11.0. The summed E-state index contributed by atoms with van der Waals surface area (Å²) in [5.74, 6) is 1.32. The first kappa shape index (κ1) is 23.8. The molecule has 0 fully saturated rings. The number of halogens is 1. The zero-order chi connectivity index (χ0) is 19.6. The number of amides is 2. The third kappa shape index (κ3) is 7.40. The number of hydrogen-bond donors (Lipinski definition) is 4. The van der Waals surface area contributed by atoms with Gasteiger partial charge in [-0.25, -0.2) is 4.79 Å². The summed E-state index contributed by atoms with van der Waals surface area (Å²) in [7, 11) is 1.69. The fourth-order valence-corrected chi connectivity index (χ4v) is 3.11. The van der Waals surface area contributed by atoms with Gasteiger partial charge in [-0.3, -0.25) is 0 Å². The lowest BCUT2D eigenvalue weighted by Gasteiger charge is -2.18. The van der Waals surface area contributed by atoms with Gasteiger partial charge >= 0.3 is 6.03 Å². The highest BCUT2D eigenvalue weighted by Crippen LogP contribution is 2.25. The van der Waals surface area contributed by atoms with Crippen molar-refractivity contribution in [2.45, 2.75) is 32.1 Å². The average molecular weight is 452 g/mol. The summed E-state index contributed by atoms with van der Waals surface area (Å²) in [6.07, 6.45) is 3.00. The van der Waals surface area contributed by atoms with Crippen LogP contribution >= 0.6 is 17.0 Å². The van der Waals surface area contributed by atoms with Crippen molar-refractivity contribution in [1.82, 2.24) is 5.32 Å². The number of hydrogen-bond acceptors (Lipinski definition) is 4. The first-order valence-corrected chi connectivity index (χ1v) is 9.26. The highest BCUT2D eigenvalue weighted by molar-refractivity contribution is 8.93. The summed E-state index contributed by atoms with van der Waals surface area (Å²) in [4.78, 5) is 11.0. The molecule has 28 heavy (non-hydrogen) atoms. The van der Waals surface area contributed by atoms with Gasteiger partial charge in [0.2, 0.25) is 0 Å². The molecule has 0 aliphatic heterocycles. The Labute approximate surface area is 177 Å². The molecule has 2 aromatic carbocycles. The van der Waals surface area contributed by atoms with E-state index < -0.39 is 6.03 Å². The smallest absolute Gasteiger partial charge is 0.316 e. The molecule has 6 nitrogen and oxygen atoms in total. The largest absolute Gasteiger partial charge is 0.506 e. The second-order valence-electron chi connectivity index (χ2n) is 6.56. The lowest BCUT2D eigenvalue weighted by atomic mass is 9.94. The first-order valence-electron chi connectivity index (χ1n) is 9.26. The van der Waals surface area contributed by atoms with Gasteiger partial charge in [-0.15, -0.1) is 17.0 Å². The van der Waals surface area contributed by atoms with Crippen LogP contribution in [-0.4, -0.2) is 31.3 Å².